The zero-order valence-corrected chi connectivity index (χ0v) is 18.4. The van der Waals surface area contributed by atoms with Gasteiger partial charge >= 0.3 is 0 Å². The summed E-state index contributed by atoms with van der Waals surface area (Å²) in [5.74, 6) is 1.73. The van der Waals surface area contributed by atoms with E-state index in [-0.39, 0.29) is 29.7 Å². The third kappa shape index (κ3) is 3.33. The van der Waals surface area contributed by atoms with Crippen LogP contribution in [0.25, 0.3) is 27.8 Å². The maximum absolute atomic E-state index is 13.4. The number of hydrogen-bond acceptors (Lipinski definition) is 6. The standard InChI is InChI=1S/C23H26N6O3/c1-13-5-4-6-19(14(13)2)28-9-7-17-15(21(28)30)11-16-18(24-17)8-10-29(22(16)31)23-25-20(12-32-3)26-27-23/h7-11,13-14,19H,4-6,12H2,1-3H3,(H,25,26,27)/t13-,14+,19-/m1/s1. The van der Waals surface area contributed by atoms with Crippen molar-refractivity contribution in [3.05, 3.63) is 57.1 Å². The molecule has 0 amide bonds. The van der Waals surface area contributed by atoms with E-state index in [2.05, 4.69) is 34.0 Å². The molecule has 1 aliphatic carbocycles. The van der Waals surface area contributed by atoms with Gasteiger partial charge in [0.1, 0.15) is 6.61 Å². The Morgan fingerprint density at radius 1 is 1.06 bits per heavy atom. The SMILES string of the molecule is COCc1nc(-n2ccc3nc4ccn([C@@H]5CCC[C@@H](C)[C@@H]5C)c(=O)c4cc3c2=O)n[nH]1. The van der Waals surface area contributed by atoms with Crippen molar-refractivity contribution in [1.29, 1.82) is 0 Å². The molecule has 1 N–H and O–H groups in total. The summed E-state index contributed by atoms with van der Waals surface area (Å²) >= 11 is 0. The number of nitrogens with one attached hydrogen (secondary N) is 1. The van der Waals surface area contributed by atoms with Gasteiger partial charge in [-0.1, -0.05) is 26.7 Å². The van der Waals surface area contributed by atoms with Crippen molar-refractivity contribution < 1.29 is 4.74 Å². The highest BCUT2D eigenvalue weighted by Gasteiger charge is 2.29. The maximum Gasteiger partial charge on any atom is 0.267 e. The van der Waals surface area contributed by atoms with E-state index in [0.717, 1.165) is 12.8 Å². The fourth-order valence-corrected chi connectivity index (χ4v) is 4.80. The molecule has 32 heavy (non-hydrogen) atoms. The van der Waals surface area contributed by atoms with Crippen molar-refractivity contribution in [2.45, 2.75) is 45.8 Å². The third-order valence-electron chi connectivity index (χ3n) is 6.81. The molecule has 1 fully saturated rings. The Labute approximate surface area is 184 Å². The molecule has 3 atom stereocenters. The highest BCUT2D eigenvalue weighted by atomic mass is 16.5. The molecule has 166 valence electrons. The Balaban J connectivity index is 1.65. The molecule has 4 aromatic heterocycles. The van der Waals surface area contributed by atoms with Crippen LogP contribution in [0.4, 0.5) is 0 Å². The lowest BCUT2D eigenvalue weighted by Crippen LogP contribution is -2.33. The second-order valence-electron chi connectivity index (χ2n) is 8.72. The van der Waals surface area contributed by atoms with Crippen molar-refractivity contribution in [3.63, 3.8) is 0 Å². The number of hydrogen-bond donors (Lipinski definition) is 1. The van der Waals surface area contributed by atoms with Gasteiger partial charge < -0.3 is 9.30 Å². The van der Waals surface area contributed by atoms with E-state index in [9.17, 15) is 9.59 Å². The lowest BCUT2D eigenvalue weighted by Gasteiger charge is -2.35. The number of methoxy groups -OCH3 is 1. The van der Waals surface area contributed by atoms with E-state index in [1.54, 1.807) is 25.4 Å². The monoisotopic (exact) mass is 434 g/mol. The summed E-state index contributed by atoms with van der Waals surface area (Å²) in [5, 5.41) is 7.67. The van der Waals surface area contributed by atoms with E-state index < -0.39 is 0 Å². The van der Waals surface area contributed by atoms with E-state index in [0.29, 0.717) is 39.5 Å². The van der Waals surface area contributed by atoms with Crippen LogP contribution in [0.15, 0.2) is 40.2 Å². The Hall–Kier alpha value is -3.33. The van der Waals surface area contributed by atoms with Gasteiger partial charge in [-0.2, -0.15) is 4.98 Å². The second-order valence-corrected chi connectivity index (χ2v) is 8.72. The molecular formula is C23H26N6O3. The molecule has 9 nitrogen and oxygen atoms in total. The van der Waals surface area contributed by atoms with Gasteiger partial charge in [-0.25, -0.2) is 9.55 Å². The van der Waals surface area contributed by atoms with Crippen molar-refractivity contribution in [3.8, 4) is 5.95 Å². The van der Waals surface area contributed by atoms with Crippen LogP contribution in [0.3, 0.4) is 0 Å². The van der Waals surface area contributed by atoms with Crippen LogP contribution in [-0.2, 0) is 11.3 Å². The highest BCUT2D eigenvalue weighted by Crippen LogP contribution is 2.37. The topological polar surface area (TPSA) is 108 Å². The predicted molar refractivity (Wildman–Crippen MR) is 121 cm³/mol. The van der Waals surface area contributed by atoms with Crippen molar-refractivity contribution >= 4 is 21.8 Å². The van der Waals surface area contributed by atoms with Crippen LogP contribution in [-0.4, -0.2) is 36.4 Å². The van der Waals surface area contributed by atoms with Gasteiger partial charge in [-0.05, 0) is 36.5 Å². The molecule has 4 heterocycles. The third-order valence-corrected chi connectivity index (χ3v) is 6.81. The normalized spacial score (nSPS) is 21.4. The fraction of sp³-hybridized carbons (Fsp3) is 0.435. The minimum atomic E-state index is -0.325. The van der Waals surface area contributed by atoms with Crippen LogP contribution in [0.1, 0.15) is 45.0 Å². The Bertz CT molecular complexity index is 1420. The lowest BCUT2D eigenvalue weighted by atomic mass is 9.78. The second kappa shape index (κ2) is 7.98. The molecule has 0 spiro atoms. The molecule has 5 rings (SSSR count). The molecule has 0 aliphatic heterocycles. The lowest BCUT2D eigenvalue weighted by molar-refractivity contribution is 0.178. The summed E-state index contributed by atoms with van der Waals surface area (Å²) in [7, 11) is 1.56. The smallest absolute Gasteiger partial charge is 0.267 e. The molecule has 9 heteroatoms. The number of rotatable bonds is 4. The highest BCUT2D eigenvalue weighted by molar-refractivity contribution is 5.91. The van der Waals surface area contributed by atoms with E-state index in [1.165, 1.54) is 11.0 Å². The van der Waals surface area contributed by atoms with Gasteiger partial charge in [0.2, 0.25) is 0 Å². The summed E-state index contributed by atoms with van der Waals surface area (Å²) in [6, 6.07) is 5.43. The Kier molecular flexibility index (Phi) is 5.13. The van der Waals surface area contributed by atoms with Crippen molar-refractivity contribution in [2.24, 2.45) is 11.8 Å². The number of aromatic amines is 1. The molecule has 0 saturated heterocycles. The van der Waals surface area contributed by atoms with Gasteiger partial charge in [-0.3, -0.25) is 14.7 Å². The summed E-state index contributed by atoms with van der Waals surface area (Å²) < 4.78 is 8.23. The average Bonchev–Trinajstić information content (AvgIpc) is 3.24. The molecule has 0 radical (unpaired) electrons. The zero-order chi connectivity index (χ0) is 22.4. The Morgan fingerprint density at radius 2 is 1.81 bits per heavy atom. The first kappa shape index (κ1) is 20.6. The van der Waals surface area contributed by atoms with Crippen molar-refractivity contribution in [2.75, 3.05) is 7.11 Å². The number of aromatic nitrogens is 6. The molecule has 0 unspecified atom stereocenters. The quantitative estimate of drug-likeness (QED) is 0.495. The first-order valence-corrected chi connectivity index (χ1v) is 11.0. The molecule has 0 bridgehead atoms. The first-order valence-electron chi connectivity index (χ1n) is 11.0. The van der Waals surface area contributed by atoms with Gasteiger partial charge in [0.15, 0.2) is 5.82 Å². The summed E-state index contributed by atoms with van der Waals surface area (Å²) in [5.41, 5.74) is 0.697. The maximum atomic E-state index is 13.4. The van der Waals surface area contributed by atoms with E-state index in [1.807, 2.05) is 16.8 Å². The predicted octanol–water partition coefficient (Wildman–Crippen LogP) is 2.96. The van der Waals surface area contributed by atoms with E-state index >= 15 is 0 Å². The minimum absolute atomic E-state index is 0.0991. The number of nitrogens with zero attached hydrogens (tertiary/aromatic N) is 5. The summed E-state index contributed by atoms with van der Waals surface area (Å²) in [4.78, 5) is 35.5. The summed E-state index contributed by atoms with van der Waals surface area (Å²) in [6.07, 6.45) is 6.74. The minimum Gasteiger partial charge on any atom is -0.377 e. The van der Waals surface area contributed by atoms with Crippen molar-refractivity contribution in [1.82, 2.24) is 29.3 Å². The number of H-pyrrole nitrogens is 1. The molecular weight excluding hydrogens is 408 g/mol. The molecule has 1 saturated carbocycles. The van der Waals surface area contributed by atoms with Gasteiger partial charge in [0.05, 0.1) is 21.8 Å². The molecule has 1 aliphatic rings. The number of ether oxygens (including phenoxy) is 1. The van der Waals surface area contributed by atoms with Gasteiger partial charge in [-0.15, -0.1) is 5.10 Å². The fourth-order valence-electron chi connectivity index (χ4n) is 4.80. The number of pyridine rings is 3. The van der Waals surface area contributed by atoms with E-state index in [4.69, 9.17) is 4.74 Å². The van der Waals surface area contributed by atoms with Gasteiger partial charge in [0, 0.05) is 25.5 Å². The molecule has 0 aromatic carbocycles. The number of fused-ring (bicyclic) bond motifs is 2. The Morgan fingerprint density at radius 3 is 2.59 bits per heavy atom. The van der Waals surface area contributed by atoms with Crippen LogP contribution < -0.4 is 11.1 Å². The van der Waals surface area contributed by atoms with Gasteiger partial charge in [0.25, 0.3) is 17.1 Å². The first-order chi connectivity index (χ1) is 15.5. The van der Waals surface area contributed by atoms with Crippen LogP contribution in [0, 0.1) is 11.8 Å². The largest absolute Gasteiger partial charge is 0.377 e. The van der Waals surface area contributed by atoms with Crippen LogP contribution >= 0.6 is 0 Å². The molecule has 4 aromatic rings. The average molecular weight is 435 g/mol. The summed E-state index contributed by atoms with van der Waals surface area (Å²) in [6.45, 7) is 4.73. The van der Waals surface area contributed by atoms with Crippen LogP contribution in [0.2, 0.25) is 0 Å². The zero-order valence-electron chi connectivity index (χ0n) is 18.4. The van der Waals surface area contributed by atoms with Crippen LogP contribution in [0.5, 0.6) is 0 Å².